The third-order valence-electron chi connectivity index (χ3n) is 9.05. The molecule has 250 valence electrons. The molecule has 49 heavy (non-hydrogen) atoms. The van der Waals surface area contributed by atoms with E-state index < -0.39 is 17.8 Å². The molecular formula is C36H32ClFN6O4S. The molecule has 2 fully saturated rings. The minimum atomic E-state index is -0.851. The molecule has 3 aliphatic heterocycles. The molecule has 7 rings (SSSR count). The lowest BCUT2D eigenvalue weighted by molar-refractivity contribution is -0.136. The predicted molar refractivity (Wildman–Crippen MR) is 187 cm³/mol. The number of halogens is 2. The molecule has 4 aromatic rings. The average Bonchev–Trinajstić information content (AvgIpc) is 3.76. The number of amides is 2. The van der Waals surface area contributed by atoms with Crippen LogP contribution in [-0.2, 0) is 9.53 Å². The first-order valence-corrected chi connectivity index (χ1v) is 17.0. The minimum absolute atomic E-state index is 0.0218. The van der Waals surface area contributed by atoms with Crippen LogP contribution in [0.15, 0.2) is 94.6 Å². The summed E-state index contributed by atoms with van der Waals surface area (Å²) in [5, 5.41) is 5.95. The van der Waals surface area contributed by atoms with Crippen LogP contribution in [0, 0.1) is 5.82 Å². The number of nitrogens with one attached hydrogen (secondary N) is 1. The number of fused-ring (bicyclic) bond motifs is 1. The smallest absolute Gasteiger partial charge is 0.338 e. The van der Waals surface area contributed by atoms with Gasteiger partial charge in [0.2, 0.25) is 0 Å². The van der Waals surface area contributed by atoms with E-state index in [0.29, 0.717) is 60.4 Å². The van der Waals surface area contributed by atoms with Crippen molar-refractivity contribution in [2.45, 2.75) is 19.0 Å². The maximum Gasteiger partial charge on any atom is 0.338 e. The molecule has 1 aromatic heterocycles. The number of benzene rings is 3. The number of Topliss-reactive ketones (excluding diaryl/α,β-unsaturated/α-hetero) is 1. The number of anilines is 1. The van der Waals surface area contributed by atoms with Crippen LogP contribution in [0.5, 0.6) is 0 Å². The van der Waals surface area contributed by atoms with Gasteiger partial charge in [-0.25, -0.2) is 19.0 Å². The molecule has 0 radical (unpaired) electrons. The number of urea groups is 1. The molecule has 0 bridgehead atoms. The summed E-state index contributed by atoms with van der Waals surface area (Å²) in [5.41, 5.74) is 4.78. The molecule has 3 aromatic carbocycles. The number of rotatable bonds is 8. The highest BCUT2D eigenvalue weighted by Gasteiger charge is 2.42. The highest BCUT2D eigenvalue weighted by molar-refractivity contribution is 7.11. The molecule has 3 aliphatic rings. The fourth-order valence-corrected chi connectivity index (χ4v) is 7.41. The standard InChI is InChI=1S/C36H32ClFN6O4S/c1-21(45)22-3-5-23(6-4-22)24-7-10-26(11-8-24)44-19-27-18-42(14-15-43(27)36(44)47)20-30-31(35(46)48-2)32(28-12-9-25(38)17-29(28)37)41-33(40-30)34-39-13-16-49-34/h3-13,16-17,27,32H,14-15,18-20H2,1-2H3,(H,40,41)/t27?,32-/m0/s1. The second-order valence-electron chi connectivity index (χ2n) is 12.0. The number of methoxy groups -OCH3 is 1. The highest BCUT2D eigenvalue weighted by atomic mass is 35.5. The Bertz CT molecular complexity index is 1980. The molecule has 1 unspecified atom stereocenters. The van der Waals surface area contributed by atoms with Crippen molar-refractivity contribution in [2.24, 2.45) is 4.99 Å². The number of hydrogen-bond acceptors (Lipinski definition) is 9. The van der Waals surface area contributed by atoms with E-state index in [-0.39, 0.29) is 28.5 Å². The van der Waals surface area contributed by atoms with Gasteiger partial charge in [0.05, 0.1) is 18.7 Å². The number of aromatic nitrogens is 1. The number of thiazole rings is 1. The summed E-state index contributed by atoms with van der Waals surface area (Å²) in [7, 11) is 1.31. The van der Waals surface area contributed by atoms with Crippen LogP contribution in [0.3, 0.4) is 0 Å². The van der Waals surface area contributed by atoms with E-state index in [9.17, 15) is 18.8 Å². The molecule has 1 N–H and O–H groups in total. The van der Waals surface area contributed by atoms with Crippen LogP contribution in [0.1, 0.15) is 33.9 Å². The largest absolute Gasteiger partial charge is 0.466 e. The summed E-state index contributed by atoms with van der Waals surface area (Å²) in [4.78, 5) is 53.7. The first-order chi connectivity index (χ1) is 23.7. The van der Waals surface area contributed by atoms with Crippen molar-refractivity contribution >= 4 is 52.2 Å². The zero-order valence-corrected chi connectivity index (χ0v) is 28.3. The third kappa shape index (κ3) is 6.46. The van der Waals surface area contributed by atoms with Crippen LogP contribution in [0.25, 0.3) is 11.1 Å². The lowest BCUT2D eigenvalue weighted by atomic mass is 9.95. The van der Waals surface area contributed by atoms with E-state index >= 15 is 0 Å². The van der Waals surface area contributed by atoms with Crippen molar-refractivity contribution in [3.63, 3.8) is 0 Å². The number of nitrogens with zero attached hydrogens (tertiary/aromatic N) is 5. The Kier molecular flexibility index (Phi) is 9.01. The lowest BCUT2D eigenvalue weighted by Gasteiger charge is -2.38. The van der Waals surface area contributed by atoms with Crippen molar-refractivity contribution in [1.29, 1.82) is 0 Å². The molecule has 2 amide bonds. The summed E-state index contributed by atoms with van der Waals surface area (Å²) in [6.07, 6.45) is 1.67. The van der Waals surface area contributed by atoms with Gasteiger partial charge in [-0.05, 0) is 42.3 Å². The predicted octanol–water partition coefficient (Wildman–Crippen LogP) is 5.95. The highest BCUT2D eigenvalue weighted by Crippen LogP contribution is 2.37. The second kappa shape index (κ2) is 13.5. The summed E-state index contributed by atoms with van der Waals surface area (Å²) >= 11 is 7.90. The number of ether oxygens (including phenoxy) is 1. The Morgan fingerprint density at radius 3 is 2.43 bits per heavy atom. The number of piperazine rings is 1. The number of carbonyl (C=O) groups is 3. The van der Waals surface area contributed by atoms with Crippen molar-refractivity contribution in [3.8, 4) is 11.1 Å². The molecule has 0 saturated carbocycles. The van der Waals surface area contributed by atoms with E-state index in [1.807, 2.05) is 58.8 Å². The maximum absolute atomic E-state index is 14.0. The number of hydrogen-bond donors (Lipinski definition) is 1. The van der Waals surface area contributed by atoms with Gasteiger partial charge < -0.3 is 15.0 Å². The lowest BCUT2D eigenvalue weighted by Crippen LogP contribution is -2.53. The monoisotopic (exact) mass is 698 g/mol. The maximum atomic E-state index is 14.0. The van der Waals surface area contributed by atoms with Crippen LogP contribution in [0.2, 0.25) is 5.02 Å². The summed E-state index contributed by atoms with van der Waals surface area (Å²) in [5.74, 6) is -0.574. The quantitative estimate of drug-likeness (QED) is 0.179. The van der Waals surface area contributed by atoms with Gasteiger partial charge >= 0.3 is 12.0 Å². The number of esters is 1. The van der Waals surface area contributed by atoms with Gasteiger partial charge in [0, 0.05) is 71.8 Å². The minimum Gasteiger partial charge on any atom is -0.466 e. The van der Waals surface area contributed by atoms with Crippen LogP contribution in [0.4, 0.5) is 14.9 Å². The molecule has 2 saturated heterocycles. The fraction of sp³-hybridized carbons (Fsp3) is 0.250. The number of amidine groups is 1. The van der Waals surface area contributed by atoms with Gasteiger partial charge in [0.15, 0.2) is 16.6 Å². The topological polar surface area (TPSA) is 107 Å². The first kappa shape index (κ1) is 32.6. The SMILES string of the molecule is COC(=O)C1=C(CN2CCN3C(=O)N(c4ccc(-c5ccc(C(C)=O)cc5)cc4)CC3C2)NC(c2nccs2)=N[C@H]1c1ccc(F)cc1Cl. The Hall–Kier alpha value is -4.91. The van der Waals surface area contributed by atoms with Crippen molar-refractivity contribution in [2.75, 3.05) is 44.7 Å². The van der Waals surface area contributed by atoms with Gasteiger partial charge in [0.25, 0.3) is 0 Å². The molecule has 4 heterocycles. The number of aliphatic imine (C=N–C) groups is 1. The van der Waals surface area contributed by atoms with E-state index in [2.05, 4.69) is 15.2 Å². The zero-order valence-electron chi connectivity index (χ0n) is 26.7. The van der Waals surface area contributed by atoms with E-state index in [4.69, 9.17) is 21.3 Å². The summed E-state index contributed by atoms with van der Waals surface area (Å²) in [6, 6.07) is 18.4. The van der Waals surface area contributed by atoms with Crippen molar-refractivity contribution < 1.29 is 23.5 Å². The molecule has 2 atom stereocenters. The fourth-order valence-electron chi connectivity index (χ4n) is 6.55. The van der Waals surface area contributed by atoms with E-state index in [1.54, 1.807) is 18.0 Å². The van der Waals surface area contributed by atoms with Crippen LogP contribution >= 0.6 is 22.9 Å². The van der Waals surface area contributed by atoms with E-state index in [1.165, 1.54) is 36.6 Å². The molecule has 0 spiro atoms. The molecule has 13 heteroatoms. The number of carbonyl (C=O) groups excluding carboxylic acids is 3. The van der Waals surface area contributed by atoms with E-state index in [0.717, 1.165) is 16.8 Å². The van der Waals surface area contributed by atoms with Gasteiger partial charge in [0.1, 0.15) is 11.9 Å². The van der Waals surface area contributed by atoms with Gasteiger partial charge in [-0.1, -0.05) is 54.1 Å². The Labute approximate surface area is 291 Å². The Balaban J connectivity index is 1.11. The molecular weight excluding hydrogens is 667 g/mol. The van der Waals surface area contributed by atoms with Gasteiger partial charge in [-0.3, -0.25) is 19.6 Å². The normalized spacial score (nSPS) is 19.4. The average molecular weight is 699 g/mol. The van der Waals surface area contributed by atoms with Gasteiger partial charge in [-0.15, -0.1) is 11.3 Å². The number of ketones is 1. The molecule has 0 aliphatic carbocycles. The zero-order chi connectivity index (χ0) is 34.2. The first-order valence-electron chi connectivity index (χ1n) is 15.7. The summed E-state index contributed by atoms with van der Waals surface area (Å²) in [6.45, 7) is 4.08. The second-order valence-corrected chi connectivity index (χ2v) is 13.3. The van der Waals surface area contributed by atoms with Crippen LogP contribution in [-0.4, -0.2) is 84.3 Å². The summed E-state index contributed by atoms with van der Waals surface area (Å²) < 4.78 is 19.2. The Morgan fingerprint density at radius 2 is 1.78 bits per heavy atom. The molecule has 10 nitrogen and oxygen atoms in total. The van der Waals surface area contributed by atoms with Gasteiger partial charge in [-0.2, -0.15) is 0 Å². The third-order valence-corrected chi connectivity index (χ3v) is 10.2. The van der Waals surface area contributed by atoms with Crippen molar-refractivity contribution in [1.82, 2.24) is 20.1 Å². The Morgan fingerprint density at radius 1 is 1.04 bits per heavy atom. The van der Waals surface area contributed by atoms with Crippen molar-refractivity contribution in [3.05, 3.63) is 117 Å². The van der Waals surface area contributed by atoms with Crippen LogP contribution < -0.4 is 10.2 Å².